The molecule has 4 N–H and O–H groups in total. The van der Waals surface area contributed by atoms with Gasteiger partial charge in [-0.15, -0.1) is 0 Å². The Kier molecular flexibility index (Phi) is 2.20. The van der Waals surface area contributed by atoms with Crippen LogP contribution in [0.1, 0.15) is 0 Å². The molecule has 13 heavy (non-hydrogen) atoms. The van der Waals surface area contributed by atoms with Gasteiger partial charge in [0.25, 0.3) is 0 Å². The molecule has 2 aliphatic rings. The van der Waals surface area contributed by atoms with Crippen LogP contribution < -0.4 is 11.1 Å². The van der Waals surface area contributed by atoms with Gasteiger partial charge in [0.2, 0.25) is 0 Å². The number of fused-ring (bicyclic) bond motifs is 1. The van der Waals surface area contributed by atoms with Crippen LogP contribution in [-0.2, 0) is 0 Å². The van der Waals surface area contributed by atoms with Crippen LogP contribution in [0.2, 0.25) is 0 Å². The second kappa shape index (κ2) is 3.36. The molecule has 1 heterocycles. The van der Waals surface area contributed by atoms with E-state index in [1.807, 2.05) is 12.3 Å². The quantitative estimate of drug-likeness (QED) is 0.553. The highest BCUT2D eigenvalue weighted by Crippen LogP contribution is 2.27. The minimum atomic E-state index is 0.129. The Morgan fingerprint density at radius 1 is 1.54 bits per heavy atom. The molecular formula is C10H14N2O. The number of aliphatic hydroxyl groups excluding tert-OH is 1. The maximum Gasteiger partial charge on any atom is 0.0665 e. The molecular weight excluding hydrogens is 164 g/mol. The summed E-state index contributed by atoms with van der Waals surface area (Å²) in [6.07, 6.45) is 8.17. The SMILES string of the molecule is NCC1=CC2NC=C(CO)C2C=C1. The van der Waals surface area contributed by atoms with Crippen molar-refractivity contribution in [1.29, 1.82) is 0 Å². The first-order chi connectivity index (χ1) is 6.35. The normalized spacial score (nSPS) is 30.6. The summed E-state index contributed by atoms with van der Waals surface area (Å²) in [5.41, 5.74) is 7.74. The van der Waals surface area contributed by atoms with E-state index in [1.54, 1.807) is 0 Å². The summed E-state index contributed by atoms with van der Waals surface area (Å²) in [5.74, 6) is 0.320. The fraction of sp³-hybridized carbons (Fsp3) is 0.400. The molecule has 0 bridgehead atoms. The highest BCUT2D eigenvalue weighted by atomic mass is 16.3. The van der Waals surface area contributed by atoms with Crippen LogP contribution in [0.25, 0.3) is 0 Å². The van der Waals surface area contributed by atoms with Crippen molar-refractivity contribution in [3.8, 4) is 0 Å². The predicted molar refractivity (Wildman–Crippen MR) is 51.9 cm³/mol. The standard InChI is InChI=1S/C10H14N2O/c11-4-7-1-2-9-8(6-13)5-12-10(9)3-7/h1-3,5,9-10,12-13H,4,6,11H2. The number of rotatable bonds is 2. The predicted octanol–water partition coefficient (Wildman–Crippen LogP) is -0.0945. The first-order valence-corrected chi connectivity index (χ1v) is 4.50. The third-order valence-electron chi connectivity index (χ3n) is 2.61. The van der Waals surface area contributed by atoms with Gasteiger partial charge >= 0.3 is 0 Å². The molecule has 0 fully saturated rings. The maximum atomic E-state index is 9.04. The molecule has 0 saturated carbocycles. The molecule has 0 amide bonds. The smallest absolute Gasteiger partial charge is 0.0665 e. The highest BCUT2D eigenvalue weighted by molar-refractivity contribution is 5.36. The number of hydrogen-bond acceptors (Lipinski definition) is 3. The Morgan fingerprint density at radius 3 is 3.08 bits per heavy atom. The lowest BCUT2D eigenvalue weighted by Crippen LogP contribution is -2.27. The van der Waals surface area contributed by atoms with Crippen molar-refractivity contribution in [2.75, 3.05) is 13.2 Å². The average Bonchev–Trinajstić information content (AvgIpc) is 2.59. The van der Waals surface area contributed by atoms with Crippen LogP contribution in [0, 0.1) is 5.92 Å². The van der Waals surface area contributed by atoms with Gasteiger partial charge in [0, 0.05) is 12.5 Å². The lowest BCUT2D eigenvalue weighted by molar-refractivity contribution is 0.320. The largest absolute Gasteiger partial charge is 0.392 e. The van der Waals surface area contributed by atoms with E-state index in [4.69, 9.17) is 10.8 Å². The summed E-state index contributed by atoms with van der Waals surface area (Å²) < 4.78 is 0. The van der Waals surface area contributed by atoms with Crippen molar-refractivity contribution >= 4 is 0 Å². The van der Waals surface area contributed by atoms with Crippen LogP contribution in [0.5, 0.6) is 0 Å². The van der Waals surface area contributed by atoms with Crippen molar-refractivity contribution in [2.24, 2.45) is 11.7 Å². The maximum absolute atomic E-state index is 9.04. The van der Waals surface area contributed by atoms with Crippen LogP contribution in [0.15, 0.2) is 35.6 Å². The first-order valence-electron chi connectivity index (χ1n) is 4.50. The third kappa shape index (κ3) is 1.41. The molecule has 0 radical (unpaired) electrons. The number of nitrogens with one attached hydrogen (secondary N) is 1. The third-order valence-corrected chi connectivity index (χ3v) is 2.61. The zero-order valence-electron chi connectivity index (χ0n) is 7.40. The van der Waals surface area contributed by atoms with Crippen LogP contribution in [-0.4, -0.2) is 24.3 Å². The van der Waals surface area contributed by atoms with E-state index < -0.39 is 0 Å². The van der Waals surface area contributed by atoms with Crippen LogP contribution >= 0.6 is 0 Å². The average molecular weight is 178 g/mol. The lowest BCUT2D eigenvalue weighted by atomic mass is 9.89. The van der Waals surface area contributed by atoms with Gasteiger partial charge in [-0.1, -0.05) is 18.2 Å². The Bertz CT molecular complexity index is 291. The molecule has 0 aromatic heterocycles. The van der Waals surface area contributed by atoms with Gasteiger partial charge in [0.05, 0.1) is 12.6 Å². The van der Waals surface area contributed by atoms with Crippen molar-refractivity contribution < 1.29 is 5.11 Å². The molecule has 3 heteroatoms. The molecule has 2 atom stereocenters. The monoisotopic (exact) mass is 178 g/mol. The molecule has 1 aliphatic carbocycles. The minimum Gasteiger partial charge on any atom is -0.392 e. The van der Waals surface area contributed by atoms with Gasteiger partial charge in [-0.3, -0.25) is 0 Å². The molecule has 0 saturated heterocycles. The van der Waals surface area contributed by atoms with E-state index in [2.05, 4.69) is 17.5 Å². The summed E-state index contributed by atoms with van der Waals surface area (Å²) in [4.78, 5) is 0. The minimum absolute atomic E-state index is 0.129. The molecule has 3 nitrogen and oxygen atoms in total. The summed E-state index contributed by atoms with van der Waals surface area (Å²) in [6, 6.07) is 0.297. The molecule has 2 rings (SSSR count). The molecule has 0 aromatic carbocycles. The van der Waals surface area contributed by atoms with Gasteiger partial charge in [0.15, 0.2) is 0 Å². The van der Waals surface area contributed by atoms with E-state index in [1.165, 1.54) is 0 Å². The zero-order valence-corrected chi connectivity index (χ0v) is 7.40. The van der Waals surface area contributed by atoms with Gasteiger partial charge in [-0.25, -0.2) is 0 Å². The van der Waals surface area contributed by atoms with E-state index in [0.29, 0.717) is 18.5 Å². The zero-order chi connectivity index (χ0) is 9.26. The topological polar surface area (TPSA) is 58.3 Å². The fourth-order valence-corrected chi connectivity index (χ4v) is 1.83. The Morgan fingerprint density at radius 2 is 2.38 bits per heavy atom. The van der Waals surface area contributed by atoms with Crippen molar-refractivity contribution in [2.45, 2.75) is 6.04 Å². The second-order valence-electron chi connectivity index (χ2n) is 3.40. The Hall–Kier alpha value is -1.06. The second-order valence-corrected chi connectivity index (χ2v) is 3.40. The highest BCUT2D eigenvalue weighted by Gasteiger charge is 2.27. The molecule has 1 aliphatic heterocycles. The van der Waals surface area contributed by atoms with Crippen LogP contribution in [0.3, 0.4) is 0 Å². The number of aliphatic hydroxyl groups is 1. The Labute approximate surface area is 77.6 Å². The van der Waals surface area contributed by atoms with E-state index >= 15 is 0 Å². The lowest BCUT2D eigenvalue weighted by Gasteiger charge is -2.20. The van der Waals surface area contributed by atoms with E-state index in [0.717, 1.165) is 11.1 Å². The summed E-state index contributed by atoms with van der Waals surface area (Å²) >= 11 is 0. The van der Waals surface area contributed by atoms with E-state index in [9.17, 15) is 0 Å². The van der Waals surface area contributed by atoms with Crippen molar-refractivity contribution in [3.63, 3.8) is 0 Å². The summed E-state index contributed by atoms with van der Waals surface area (Å²) in [5, 5.41) is 12.3. The van der Waals surface area contributed by atoms with Gasteiger partial charge in [0.1, 0.15) is 0 Å². The molecule has 0 aromatic rings. The van der Waals surface area contributed by atoms with Gasteiger partial charge in [-0.2, -0.15) is 0 Å². The Balaban J connectivity index is 2.16. The number of nitrogens with two attached hydrogens (primary N) is 1. The van der Waals surface area contributed by atoms with Gasteiger partial charge < -0.3 is 16.2 Å². The summed E-state index contributed by atoms with van der Waals surface area (Å²) in [6.45, 7) is 0.708. The van der Waals surface area contributed by atoms with Crippen molar-refractivity contribution in [3.05, 3.63) is 35.6 Å². The summed E-state index contributed by atoms with van der Waals surface area (Å²) in [7, 11) is 0. The van der Waals surface area contributed by atoms with Gasteiger partial charge in [-0.05, 0) is 17.3 Å². The molecule has 0 spiro atoms. The van der Waals surface area contributed by atoms with E-state index in [-0.39, 0.29) is 6.61 Å². The first kappa shape index (κ1) is 8.53. The number of hydrogen-bond donors (Lipinski definition) is 3. The fourth-order valence-electron chi connectivity index (χ4n) is 1.83. The van der Waals surface area contributed by atoms with Crippen molar-refractivity contribution in [1.82, 2.24) is 5.32 Å². The van der Waals surface area contributed by atoms with Crippen LogP contribution in [0.4, 0.5) is 0 Å². The molecule has 70 valence electrons. The molecule has 2 unspecified atom stereocenters.